The van der Waals surface area contributed by atoms with Crippen LogP contribution in [0.2, 0.25) is 0 Å². The van der Waals surface area contributed by atoms with Gasteiger partial charge in [0.1, 0.15) is 5.84 Å². The lowest BCUT2D eigenvalue weighted by atomic mass is 10.1. The Labute approximate surface area is 98.0 Å². The van der Waals surface area contributed by atoms with Gasteiger partial charge in [-0.2, -0.15) is 0 Å². The molecule has 0 radical (unpaired) electrons. The van der Waals surface area contributed by atoms with Crippen LogP contribution in [0.3, 0.4) is 0 Å². The molecule has 0 aromatic carbocycles. The fraction of sp³-hybridized carbons (Fsp3) is 0.909. The van der Waals surface area contributed by atoms with Crippen molar-refractivity contribution in [2.45, 2.75) is 33.1 Å². The molecular formula is C11H25N3O2. The third kappa shape index (κ3) is 8.49. The van der Waals surface area contributed by atoms with E-state index in [-0.39, 0.29) is 11.8 Å². The van der Waals surface area contributed by atoms with Crippen molar-refractivity contribution >= 4 is 5.84 Å². The van der Waals surface area contributed by atoms with Gasteiger partial charge in [0.05, 0.1) is 0 Å². The Balaban J connectivity index is 3.21. The fourth-order valence-corrected chi connectivity index (χ4v) is 1.17. The molecule has 0 spiro atoms. The smallest absolute Gasteiger partial charge is 0.143 e. The molecule has 0 heterocycles. The van der Waals surface area contributed by atoms with Crippen molar-refractivity contribution in [2.75, 3.05) is 26.3 Å². The maximum Gasteiger partial charge on any atom is 0.143 e. The molecule has 5 nitrogen and oxygen atoms in total. The molecule has 0 bridgehead atoms. The first-order valence-electron chi connectivity index (χ1n) is 5.98. The summed E-state index contributed by atoms with van der Waals surface area (Å²) in [5.41, 5.74) is 5.45. The number of ether oxygens (including phenoxy) is 1. The van der Waals surface area contributed by atoms with E-state index in [1.807, 2.05) is 6.92 Å². The molecule has 16 heavy (non-hydrogen) atoms. The van der Waals surface area contributed by atoms with Crippen LogP contribution < -0.4 is 11.1 Å². The van der Waals surface area contributed by atoms with Crippen LogP contribution in [-0.4, -0.2) is 37.3 Å². The summed E-state index contributed by atoms with van der Waals surface area (Å²) >= 11 is 0. The zero-order chi connectivity index (χ0) is 12.2. The number of hydrogen-bond donors (Lipinski definition) is 3. The van der Waals surface area contributed by atoms with Gasteiger partial charge in [-0.25, -0.2) is 0 Å². The summed E-state index contributed by atoms with van der Waals surface area (Å²) in [5, 5.41) is 14.6. The van der Waals surface area contributed by atoms with Gasteiger partial charge in [-0.05, 0) is 19.4 Å². The normalized spacial score (nSPS) is 14.0. The number of oxime groups is 1. The Morgan fingerprint density at radius 3 is 2.75 bits per heavy atom. The average Bonchev–Trinajstić information content (AvgIpc) is 2.31. The lowest BCUT2D eigenvalue weighted by Crippen LogP contribution is -2.32. The van der Waals surface area contributed by atoms with Gasteiger partial charge in [-0.1, -0.05) is 25.4 Å². The highest BCUT2D eigenvalue weighted by Crippen LogP contribution is 1.92. The number of hydrogen-bond acceptors (Lipinski definition) is 4. The van der Waals surface area contributed by atoms with E-state index in [9.17, 15) is 0 Å². The minimum absolute atomic E-state index is 0.0611. The fourth-order valence-electron chi connectivity index (χ4n) is 1.17. The molecule has 0 aliphatic carbocycles. The number of nitrogens with zero attached hydrogens (tertiary/aromatic N) is 1. The van der Waals surface area contributed by atoms with Crippen molar-refractivity contribution in [2.24, 2.45) is 16.8 Å². The van der Waals surface area contributed by atoms with E-state index in [0.29, 0.717) is 0 Å². The van der Waals surface area contributed by atoms with Crippen LogP contribution in [0.5, 0.6) is 0 Å². The van der Waals surface area contributed by atoms with Gasteiger partial charge in [0.25, 0.3) is 0 Å². The number of nitrogens with two attached hydrogens (primary N) is 1. The molecule has 0 aromatic heterocycles. The van der Waals surface area contributed by atoms with Crippen LogP contribution in [0.4, 0.5) is 0 Å². The summed E-state index contributed by atoms with van der Waals surface area (Å²) in [7, 11) is 0. The third-order valence-electron chi connectivity index (χ3n) is 2.36. The summed E-state index contributed by atoms with van der Waals surface area (Å²) in [5.74, 6) is 0.331. The van der Waals surface area contributed by atoms with Gasteiger partial charge in [0.15, 0.2) is 0 Å². The Hall–Kier alpha value is -0.810. The first-order valence-corrected chi connectivity index (χ1v) is 5.98. The summed E-state index contributed by atoms with van der Waals surface area (Å²) < 4.78 is 5.42. The highest BCUT2D eigenvalue weighted by atomic mass is 16.5. The van der Waals surface area contributed by atoms with Gasteiger partial charge in [0.2, 0.25) is 0 Å². The highest BCUT2D eigenvalue weighted by Gasteiger charge is 2.05. The van der Waals surface area contributed by atoms with Crippen molar-refractivity contribution in [1.29, 1.82) is 0 Å². The van der Waals surface area contributed by atoms with E-state index in [1.54, 1.807) is 0 Å². The Morgan fingerprint density at radius 1 is 1.44 bits per heavy atom. The molecule has 0 aliphatic rings. The summed E-state index contributed by atoms with van der Waals surface area (Å²) in [6.45, 7) is 7.35. The predicted octanol–water partition coefficient (Wildman–Crippen LogP) is 1.17. The van der Waals surface area contributed by atoms with Crippen LogP contribution in [0, 0.1) is 5.92 Å². The summed E-state index contributed by atoms with van der Waals surface area (Å²) in [6, 6.07) is 0. The molecule has 0 aromatic rings. The van der Waals surface area contributed by atoms with E-state index >= 15 is 0 Å². The zero-order valence-corrected chi connectivity index (χ0v) is 10.4. The van der Waals surface area contributed by atoms with Gasteiger partial charge in [-0.3, -0.25) is 0 Å². The van der Waals surface area contributed by atoms with Gasteiger partial charge in [-0.15, -0.1) is 0 Å². The van der Waals surface area contributed by atoms with Gasteiger partial charge in [0, 0.05) is 25.7 Å². The number of amidine groups is 1. The monoisotopic (exact) mass is 231 g/mol. The molecular weight excluding hydrogens is 206 g/mol. The molecule has 0 saturated heterocycles. The number of nitrogens with one attached hydrogen (secondary N) is 1. The molecule has 96 valence electrons. The molecule has 5 heteroatoms. The van der Waals surface area contributed by atoms with Crippen molar-refractivity contribution in [3.8, 4) is 0 Å². The lowest BCUT2D eigenvalue weighted by Gasteiger charge is -2.10. The van der Waals surface area contributed by atoms with Crippen LogP contribution in [0.25, 0.3) is 0 Å². The maximum absolute atomic E-state index is 8.44. The molecule has 0 rings (SSSR count). The third-order valence-corrected chi connectivity index (χ3v) is 2.36. The minimum Gasteiger partial charge on any atom is -0.409 e. The van der Waals surface area contributed by atoms with Crippen molar-refractivity contribution in [3.05, 3.63) is 0 Å². The highest BCUT2D eigenvalue weighted by molar-refractivity contribution is 5.82. The van der Waals surface area contributed by atoms with Crippen molar-refractivity contribution in [3.63, 3.8) is 0 Å². The molecule has 0 fully saturated rings. The first-order chi connectivity index (χ1) is 7.72. The van der Waals surface area contributed by atoms with E-state index in [2.05, 4.69) is 17.4 Å². The second kappa shape index (κ2) is 10.7. The van der Waals surface area contributed by atoms with Crippen LogP contribution in [0.1, 0.15) is 33.1 Å². The molecule has 1 unspecified atom stereocenters. The van der Waals surface area contributed by atoms with Crippen LogP contribution in [0.15, 0.2) is 5.16 Å². The Morgan fingerprint density at radius 2 is 2.12 bits per heavy atom. The molecule has 0 amide bonds. The standard InChI is InChI=1S/C11H25N3O2/c1-3-4-7-16-8-5-6-13-9-10(2)11(12)14-15/h10,13,15H,3-9H2,1-2H3,(H2,12,14). The van der Waals surface area contributed by atoms with E-state index in [1.165, 1.54) is 6.42 Å². The van der Waals surface area contributed by atoms with E-state index in [4.69, 9.17) is 15.7 Å². The average molecular weight is 231 g/mol. The van der Waals surface area contributed by atoms with Crippen LogP contribution >= 0.6 is 0 Å². The number of unbranched alkanes of at least 4 members (excludes halogenated alkanes) is 1. The first kappa shape index (κ1) is 15.2. The van der Waals surface area contributed by atoms with E-state index < -0.39 is 0 Å². The molecule has 1 atom stereocenters. The van der Waals surface area contributed by atoms with Crippen molar-refractivity contribution in [1.82, 2.24) is 5.32 Å². The second-order valence-electron chi connectivity index (χ2n) is 3.95. The molecule has 4 N–H and O–H groups in total. The molecule has 0 saturated carbocycles. The van der Waals surface area contributed by atoms with Gasteiger partial charge >= 0.3 is 0 Å². The summed E-state index contributed by atoms with van der Waals surface area (Å²) in [4.78, 5) is 0. The Bertz CT molecular complexity index is 186. The van der Waals surface area contributed by atoms with E-state index in [0.717, 1.165) is 39.1 Å². The summed E-state index contributed by atoms with van der Waals surface area (Å²) in [6.07, 6.45) is 3.30. The maximum atomic E-state index is 8.44. The topological polar surface area (TPSA) is 79.9 Å². The number of rotatable bonds is 10. The molecule has 0 aliphatic heterocycles. The second-order valence-corrected chi connectivity index (χ2v) is 3.95. The Kier molecular flexibility index (Phi) is 10.2. The van der Waals surface area contributed by atoms with Crippen LogP contribution in [-0.2, 0) is 4.74 Å². The predicted molar refractivity (Wildman–Crippen MR) is 65.8 cm³/mol. The minimum atomic E-state index is 0.0611. The lowest BCUT2D eigenvalue weighted by molar-refractivity contribution is 0.128. The van der Waals surface area contributed by atoms with Gasteiger partial charge < -0.3 is 21.0 Å². The SMILES string of the molecule is CCCCOCCCNCC(C)C(N)=NO. The quantitative estimate of drug-likeness (QED) is 0.173. The largest absolute Gasteiger partial charge is 0.409 e. The zero-order valence-electron chi connectivity index (χ0n) is 10.4. The van der Waals surface area contributed by atoms with Crippen molar-refractivity contribution < 1.29 is 9.94 Å².